The second kappa shape index (κ2) is 8.42. The van der Waals surface area contributed by atoms with Gasteiger partial charge in [0.05, 0.1) is 19.3 Å². The minimum absolute atomic E-state index is 0.0660. The molecule has 0 radical (unpaired) electrons. The molecule has 144 valence electrons. The molecule has 3 heterocycles. The third kappa shape index (κ3) is 4.18. The Hall–Kier alpha value is -1.89. The van der Waals surface area contributed by atoms with Gasteiger partial charge >= 0.3 is 0 Å². The predicted molar refractivity (Wildman–Crippen MR) is 111 cm³/mol. The van der Waals surface area contributed by atoms with E-state index in [0.29, 0.717) is 6.04 Å². The molecule has 1 aromatic heterocycles. The zero-order chi connectivity index (χ0) is 18.6. The molecule has 0 unspecified atom stereocenters. The lowest BCUT2D eigenvalue weighted by Crippen LogP contribution is -2.41. The van der Waals surface area contributed by atoms with Gasteiger partial charge in [0.25, 0.3) is 0 Å². The lowest BCUT2D eigenvalue weighted by atomic mass is 10.1. The van der Waals surface area contributed by atoms with E-state index < -0.39 is 0 Å². The average Bonchev–Trinajstić information content (AvgIpc) is 3.40. The first-order valence-corrected chi connectivity index (χ1v) is 10.7. The summed E-state index contributed by atoms with van der Waals surface area (Å²) in [5.41, 5.74) is 3.38. The summed E-state index contributed by atoms with van der Waals surface area (Å²) in [6.07, 6.45) is 2.27. The lowest BCUT2D eigenvalue weighted by Gasteiger charge is -2.30. The molecule has 2 aromatic rings. The molecule has 2 atom stereocenters. The highest BCUT2D eigenvalue weighted by molar-refractivity contribution is 7.07. The molecule has 0 spiro atoms. The zero-order valence-electron chi connectivity index (χ0n) is 15.8. The standard InChI is InChI=1S/C21H27N3O2S/c1-16(24-9-2-3-20(24)17-8-14-27-15-17)21(25)22-18-4-6-19(7-5-18)23-10-12-26-13-11-23/h4-8,14-16,20H,2-3,9-13H2,1H3,(H,22,25)/t16-,20-/m0/s1. The Morgan fingerprint density at radius 2 is 1.96 bits per heavy atom. The molecule has 1 aromatic carbocycles. The third-order valence-corrected chi connectivity index (χ3v) is 6.31. The summed E-state index contributed by atoms with van der Waals surface area (Å²) < 4.78 is 5.41. The van der Waals surface area contributed by atoms with E-state index >= 15 is 0 Å². The van der Waals surface area contributed by atoms with Gasteiger partial charge in [-0.05, 0) is 73.0 Å². The molecule has 0 saturated carbocycles. The first-order valence-electron chi connectivity index (χ1n) is 9.74. The van der Waals surface area contributed by atoms with Crippen molar-refractivity contribution in [1.82, 2.24) is 4.90 Å². The maximum Gasteiger partial charge on any atom is 0.241 e. The Kier molecular flexibility index (Phi) is 5.76. The van der Waals surface area contributed by atoms with Gasteiger partial charge in [-0.2, -0.15) is 11.3 Å². The highest BCUT2D eigenvalue weighted by atomic mass is 32.1. The molecule has 4 rings (SSSR count). The van der Waals surface area contributed by atoms with Crippen LogP contribution in [0.3, 0.4) is 0 Å². The highest BCUT2D eigenvalue weighted by Crippen LogP contribution is 2.34. The molecular weight excluding hydrogens is 358 g/mol. The number of amides is 1. The number of carbonyl (C=O) groups is 1. The van der Waals surface area contributed by atoms with E-state index in [0.717, 1.165) is 51.4 Å². The van der Waals surface area contributed by atoms with E-state index in [1.165, 1.54) is 11.3 Å². The van der Waals surface area contributed by atoms with Crippen molar-refractivity contribution in [3.63, 3.8) is 0 Å². The number of carbonyl (C=O) groups excluding carboxylic acids is 1. The van der Waals surface area contributed by atoms with Gasteiger partial charge in [-0.3, -0.25) is 9.69 Å². The minimum Gasteiger partial charge on any atom is -0.378 e. The molecule has 0 bridgehead atoms. The number of hydrogen-bond donors (Lipinski definition) is 1. The molecule has 2 aliphatic rings. The Morgan fingerprint density at radius 1 is 1.19 bits per heavy atom. The number of anilines is 2. The normalized spacial score (nSPS) is 22.0. The van der Waals surface area contributed by atoms with Crippen LogP contribution in [0.15, 0.2) is 41.1 Å². The van der Waals surface area contributed by atoms with Crippen molar-refractivity contribution in [2.75, 3.05) is 43.1 Å². The molecule has 2 aliphatic heterocycles. The maximum atomic E-state index is 12.8. The van der Waals surface area contributed by atoms with Crippen LogP contribution in [0.25, 0.3) is 0 Å². The van der Waals surface area contributed by atoms with Crippen LogP contribution in [0.5, 0.6) is 0 Å². The van der Waals surface area contributed by atoms with Gasteiger partial charge in [-0.1, -0.05) is 0 Å². The van der Waals surface area contributed by atoms with Crippen LogP contribution in [-0.2, 0) is 9.53 Å². The van der Waals surface area contributed by atoms with Gasteiger partial charge < -0.3 is 15.0 Å². The summed E-state index contributed by atoms with van der Waals surface area (Å²) in [5, 5.41) is 7.42. The smallest absolute Gasteiger partial charge is 0.241 e. The maximum absolute atomic E-state index is 12.8. The molecular formula is C21H27N3O2S. The van der Waals surface area contributed by atoms with Crippen LogP contribution in [0.1, 0.15) is 31.4 Å². The fourth-order valence-electron chi connectivity index (χ4n) is 4.05. The highest BCUT2D eigenvalue weighted by Gasteiger charge is 2.33. The van der Waals surface area contributed by atoms with Crippen molar-refractivity contribution in [2.24, 2.45) is 0 Å². The van der Waals surface area contributed by atoms with Crippen LogP contribution >= 0.6 is 11.3 Å². The largest absolute Gasteiger partial charge is 0.378 e. The summed E-state index contributed by atoms with van der Waals surface area (Å²) in [4.78, 5) is 17.5. The van der Waals surface area contributed by atoms with Crippen molar-refractivity contribution in [1.29, 1.82) is 0 Å². The van der Waals surface area contributed by atoms with Crippen molar-refractivity contribution < 1.29 is 9.53 Å². The van der Waals surface area contributed by atoms with Crippen LogP contribution < -0.4 is 10.2 Å². The van der Waals surface area contributed by atoms with E-state index in [-0.39, 0.29) is 11.9 Å². The van der Waals surface area contributed by atoms with Gasteiger partial charge in [0, 0.05) is 30.5 Å². The summed E-state index contributed by atoms with van der Waals surface area (Å²) in [7, 11) is 0. The number of likely N-dealkylation sites (tertiary alicyclic amines) is 1. The van der Waals surface area contributed by atoms with Crippen molar-refractivity contribution in [3.05, 3.63) is 46.7 Å². The van der Waals surface area contributed by atoms with Gasteiger partial charge in [-0.25, -0.2) is 0 Å². The topological polar surface area (TPSA) is 44.8 Å². The van der Waals surface area contributed by atoms with E-state index in [9.17, 15) is 4.79 Å². The molecule has 6 heteroatoms. The number of benzene rings is 1. The van der Waals surface area contributed by atoms with Crippen LogP contribution in [0, 0.1) is 0 Å². The minimum atomic E-state index is -0.142. The summed E-state index contributed by atoms with van der Waals surface area (Å²) >= 11 is 1.73. The summed E-state index contributed by atoms with van der Waals surface area (Å²) in [5.74, 6) is 0.0660. The Bertz CT molecular complexity index is 741. The van der Waals surface area contributed by atoms with Gasteiger partial charge in [0.2, 0.25) is 5.91 Å². The number of rotatable bonds is 5. The van der Waals surface area contributed by atoms with Gasteiger partial charge in [0.15, 0.2) is 0 Å². The fourth-order valence-corrected chi connectivity index (χ4v) is 4.76. The Labute approximate surface area is 164 Å². The zero-order valence-corrected chi connectivity index (χ0v) is 16.6. The van der Waals surface area contributed by atoms with Crippen molar-refractivity contribution >= 4 is 28.6 Å². The first kappa shape index (κ1) is 18.5. The summed E-state index contributed by atoms with van der Waals surface area (Å²) in [6.45, 7) is 6.38. The van der Waals surface area contributed by atoms with Gasteiger partial charge in [-0.15, -0.1) is 0 Å². The monoisotopic (exact) mass is 385 g/mol. The second-order valence-electron chi connectivity index (χ2n) is 7.26. The van der Waals surface area contributed by atoms with E-state index in [2.05, 4.69) is 44.1 Å². The van der Waals surface area contributed by atoms with Crippen molar-refractivity contribution in [3.8, 4) is 0 Å². The third-order valence-electron chi connectivity index (χ3n) is 5.61. The number of thiophene rings is 1. The lowest BCUT2D eigenvalue weighted by molar-refractivity contribution is -0.121. The quantitative estimate of drug-likeness (QED) is 0.851. The molecule has 5 nitrogen and oxygen atoms in total. The number of hydrogen-bond acceptors (Lipinski definition) is 5. The SMILES string of the molecule is C[C@@H](C(=O)Nc1ccc(N2CCOCC2)cc1)N1CCC[C@H]1c1ccsc1. The van der Waals surface area contributed by atoms with Gasteiger partial charge in [0.1, 0.15) is 0 Å². The number of nitrogens with zero attached hydrogens (tertiary/aromatic N) is 2. The molecule has 27 heavy (non-hydrogen) atoms. The predicted octanol–water partition coefficient (Wildman–Crippen LogP) is 3.75. The molecule has 1 amide bonds. The second-order valence-corrected chi connectivity index (χ2v) is 8.04. The number of nitrogens with one attached hydrogen (secondary N) is 1. The van der Waals surface area contributed by atoms with Crippen molar-refractivity contribution in [2.45, 2.75) is 31.8 Å². The first-order chi connectivity index (χ1) is 13.2. The van der Waals surface area contributed by atoms with E-state index in [1.54, 1.807) is 11.3 Å². The molecule has 1 N–H and O–H groups in total. The molecule has 2 saturated heterocycles. The fraction of sp³-hybridized carbons (Fsp3) is 0.476. The number of ether oxygens (including phenoxy) is 1. The van der Waals surface area contributed by atoms with E-state index in [4.69, 9.17) is 4.74 Å². The summed E-state index contributed by atoms with van der Waals surface area (Å²) in [6, 6.07) is 10.6. The Balaban J connectivity index is 1.38. The van der Waals surface area contributed by atoms with Crippen LogP contribution in [-0.4, -0.2) is 49.7 Å². The average molecular weight is 386 g/mol. The number of morpholine rings is 1. The molecule has 2 fully saturated rings. The van der Waals surface area contributed by atoms with Crippen LogP contribution in [0.4, 0.5) is 11.4 Å². The van der Waals surface area contributed by atoms with Crippen LogP contribution in [0.2, 0.25) is 0 Å². The molecule has 0 aliphatic carbocycles. The Morgan fingerprint density at radius 3 is 2.67 bits per heavy atom. The van der Waals surface area contributed by atoms with E-state index in [1.807, 2.05) is 19.1 Å².